The number of amides is 2. The molecule has 2 aromatic carbocycles. The van der Waals surface area contributed by atoms with E-state index in [1.54, 1.807) is 0 Å². The Balaban J connectivity index is 1.39. The van der Waals surface area contributed by atoms with Gasteiger partial charge in [0.1, 0.15) is 0 Å². The number of nitrogens with one attached hydrogen (secondary N) is 2. The summed E-state index contributed by atoms with van der Waals surface area (Å²) in [6.45, 7) is 2.86. The van der Waals surface area contributed by atoms with Gasteiger partial charge < -0.3 is 10.2 Å². The first kappa shape index (κ1) is 18.9. The molecule has 2 N–H and O–H groups in total. The number of aromatic nitrogens is 2. The van der Waals surface area contributed by atoms with Crippen molar-refractivity contribution >= 4 is 34.9 Å². The lowest BCUT2D eigenvalue weighted by Crippen LogP contribution is -2.46. The topological polar surface area (TPSA) is 78.1 Å². The number of rotatable bonds is 4. The fraction of sp³-hybridized carbons (Fsp3) is 0.261. The molecular formula is C23H24N4O2. The van der Waals surface area contributed by atoms with Crippen LogP contribution in [0.4, 0.5) is 0 Å². The molecule has 29 heavy (non-hydrogen) atoms. The predicted molar refractivity (Wildman–Crippen MR) is 114 cm³/mol. The van der Waals surface area contributed by atoms with Crippen molar-refractivity contribution in [2.24, 2.45) is 0 Å². The summed E-state index contributed by atoms with van der Waals surface area (Å²) in [5.41, 5.74) is 3.60. The van der Waals surface area contributed by atoms with Crippen molar-refractivity contribution in [2.45, 2.75) is 25.8 Å². The van der Waals surface area contributed by atoms with E-state index in [9.17, 15) is 9.59 Å². The molecule has 3 aromatic rings. The summed E-state index contributed by atoms with van der Waals surface area (Å²) in [5, 5.41) is 11.4. The molecule has 6 nitrogen and oxygen atoms in total. The number of carbonyl (C=O) groups is 2. The van der Waals surface area contributed by atoms with E-state index in [4.69, 9.17) is 0 Å². The van der Waals surface area contributed by atoms with Crippen LogP contribution in [-0.4, -0.2) is 46.0 Å². The molecule has 0 aliphatic carbocycles. The molecule has 1 aromatic heterocycles. The highest BCUT2D eigenvalue weighted by Crippen LogP contribution is 2.19. The largest absolute Gasteiger partial charge is 0.353 e. The lowest BCUT2D eigenvalue weighted by Gasteiger charge is -2.32. The number of benzene rings is 2. The van der Waals surface area contributed by atoms with Gasteiger partial charge in [-0.3, -0.25) is 14.7 Å². The van der Waals surface area contributed by atoms with Crippen molar-refractivity contribution in [3.05, 3.63) is 65.4 Å². The highest BCUT2D eigenvalue weighted by Gasteiger charge is 2.23. The van der Waals surface area contributed by atoms with Gasteiger partial charge in [-0.2, -0.15) is 5.10 Å². The minimum absolute atomic E-state index is 0.0127. The zero-order chi connectivity index (χ0) is 20.2. The molecule has 2 amide bonds. The Morgan fingerprint density at radius 2 is 1.79 bits per heavy atom. The van der Waals surface area contributed by atoms with E-state index in [2.05, 4.69) is 15.5 Å². The van der Waals surface area contributed by atoms with E-state index in [0.29, 0.717) is 18.7 Å². The molecule has 0 saturated carbocycles. The molecule has 2 heterocycles. The number of para-hydroxylation sites is 1. The number of hydrogen-bond donors (Lipinski definition) is 2. The van der Waals surface area contributed by atoms with Crippen molar-refractivity contribution in [2.75, 3.05) is 13.1 Å². The number of aromatic amines is 1. The summed E-state index contributed by atoms with van der Waals surface area (Å²) in [6.07, 6.45) is 5.56. The van der Waals surface area contributed by atoms with Gasteiger partial charge in [-0.05, 0) is 42.7 Å². The third-order valence-corrected chi connectivity index (χ3v) is 5.28. The lowest BCUT2D eigenvalue weighted by molar-refractivity contribution is -0.119. The SMILES string of the molecule is CC(=O)NC1CCN(C(=O)c2ccc(/C=C/c3n[nH]c4ccccc34)cc2)CC1. The van der Waals surface area contributed by atoms with Gasteiger partial charge in [-0.25, -0.2) is 0 Å². The molecule has 1 fully saturated rings. The maximum absolute atomic E-state index is 12.7. The van der Waals surface area contributed by atoms with Gasteiger partial charge in [0, 0.05) is 37.0 Å². The standard InChI is InChI=1S/C23H24N4O2/c1-16(28)24-19-12-14-27(15-13-19)23(29)18-9-6-17(7-10-18)8-11-22-20-4-2-3-5-21(20)25-26-22/h2-11,19H,12-15H2,1H3,(H,24,28)(H,25,26)/b11-8+. The van der Waals surface area contributed by atoms with Crippen LogP contribution in [0.5, 0.6) is 0 Å². The fourth-order valence-electron chi connectivity index (χ4n) is 3.72. The smallest absolute Gasteiger partial charge is 0.253 e. The van der Waals surface area contributed by atoms with Crippen molar-refractivity contribution < 1.29 is 9.59 Å². The summed E-state index contributed by atoms with van der Waals surface area (Å²) in [4.78, 5) is 25.8. The minimum atomic E-state index is -0.0127. The molecular weight excluding hydrogens is 364 g/mol. The van der Waals surface area contributed by atoms with Crippen LogP contribution in [0, 0.1) is 0 Å². The monoisotopic (exact) mass is 388 g/mol. The molecule has 0 bridgehead atoms. The molecule has 1 saturated heterocycles. The maximum atomic E-state index is 12.7. The van der Waals surface area contributed by atoms with Gasteiger partial charge in [-0.15, -0.1) is 0 Å². The van der Waals surface area contributed by atoms with Gasteiger partial charge >= 0.3 is 0 Å². The Kier molecular flexibility index (Phi) is 5.42. The van der Waals surface area contributed by atoms with E-state index in [-0.39, 0.29) is 17.9 Å². The predicted octanol–water partition coefficient (Wildman–Crippen LogP) is 3.47. The molecule has 1 aliphatic heterocycles. The number of hydrogen-bond acceptors (Lipinski definition) is 3. The molecule has 0 unspecified atom stereocenters. The van der Waals surface area contributed by atoms with Crippen molar-refractivity contribution in [1.82, 2.24) is 20.4 Å². The van der Waals surface area contributed by atoms with Gasteiger partial charge in [0.25, 0.3) is 5.91 Å². The minimum Gasteiger partial charge on any atom is -0.353 e. The van der Waals surface area contributed by atoms with Gasteiger partial charge in [0.2, 0.25) is 5.91 Å². The summed E-state index contributed by atoms with van der Waals surface area (Å²) < 4.78 is 0. The van der Waals surface area contributed by atoms with Crippen LogP contribution >= 0.6 is 0 Å². The quantitative estimate of drug-likeness (QED) is 0.718. The van der Waals surface area contributed by atoms with E-state index in [0.717, 1.165) is 35.0 Å². The van der Waals surface area contributed by atoms with E-state index >= 15 is 0 Å². The summed E-state index contributed by atoms with van der Waals surface area (Å²) in [7, 11) is 0. The molecule has 4 rings (SSSR count). The van der Waals surface area contributed by atoms with Crippen LogP contribution in [0.15, 0.2) is 48.5 Å². The second-order valence-corrected chi connectivity index (χ2v) is 7.38. The number of nitrogens with zero attached hydrogens (tertiary/aromatic N) is 2. The summed E-state index contributed by atoms with van der Waals surface area (Å²) in [5.74, 6) is 0.0290. The van der Waals surface area contributed by atoms with Crippen LogP contribution in [-0.2, 0) is 4.79 Å². The Bertz CT molecular complexity index is 1040. The highest BCUT2D eigenvalue weighted by molar-refractivity contribution is 5.95. The number of fused-ring (bicyclic) bond motifs is 1. The maximum Gasteiger partial charge on any atom is 0.253 e. The average Bonchev–Trinajstić information content (AvgIpc) is 3.15. The first-order valence-electron chi connectivity index (χ1n) is 9.88. The van der Waals surface area contributed by atoms with Crippen molar-refractivity contribution in [3.8, 4) is 0 Å². The number of carbonyl (C=O) groups excluding carboxylic acids is 2. The van der Waals surface area contributed by atoms with Crippen LogP contribution < -0.4 is 5.32 Å². The second kappa shape index (κ2) is 8.31. The van der Waals surface area contributed by atoms with E-state index in [1.807, 2.05) is 65.6 Å². The molecule has 148 valence electrons. The zero-order valence-corrected chi connectivity index (χ0v) is 16.4. The molecule has 1 aliphatic rings. The van der Waals surface area contributed by atoms with Crippen LogP contribution in [0.2, 0.25) is 0 Å². The summed E-state index contributed by atoms with van der Waals surface area (Å²) >= 11 is 0. The molecule has 0 spiro atoms. The van der Waals surface area contributed by atoms with Crippen LogP contribution in [0.25, 0.3) is 23.1 Å². The van der Waals surface area contributed by atoms with Gasteiger partial charge in [0.05, 0.1) is 11.2 Å². The first-order chi connectivity index (χ1) is 14.1. The second-order valence-electron chi connectivity index (χ2n) is 7.38. The third kappa shape index (κ3) is 4.37. The number of likely N-dealkylation sites (tertiary alicyclic amines) is 1. The van der Waals surface area contributed by atoms with E-state index in [1.165, 1.54) is 6.92 Å². The van der Waals surface area contributed by atoms with Crippen molar-refractivity contribution in [3.63, 3.8) is 0 Å². The fourth-order valence-corrected chi connectivity index (χ4v) is 3.72. The van der Waals surface area contributed by atoms with E-state index < -0.39 is 0 Å². The highest BCUT2D eigenvalue weighted by atomic mass is 16.2. The normalized spacial score (nSPS) is 15.1. The molecule has 6 heteroatoms. The average molecular weight is 388 g/mol. The number of piperidine rings is 1. The third-order valence-electron chi connectivity index (χ3n) is 5.28. The van der Waals surface area contributed by atoms with Gasteiger partial charge in [-0.1, -0.05) is 36.4 Å². The van der Waals surface area contributed by atoms with Gasteiger partial charge in [0.15, 0.2) is 0 Å². The zero-order valence-electron chi connectivity index (χ0n) is 16.4. The van der Waals surface area contributed by atoms with Crippen molar-refractivity contribution in [1.29, 1.82) is 0 Å². The Labute approximate surface area is 169 Å². The molecule has 0 atom stereocenters. The molecule has 0 radical (unpaired) electrons. The Morgan fingerprint density at radius 3 is 2.52 bits per heavy atom. The first-order valence-corrected chi connectivity index (χ1v) is 9.88. The Hall–Kier alpha value is -3.41. The van der Waals surface area contributed by atoms with Crippen LogP contribution in [0.1, 0.15) is 41.4 Å². The number of H-pyrrole nitrogens is 1. The Morgan fingerprint density at radius 1 is 1.07 bits per heavy atom. The lowest BCUT2D eigenvalue weighted by atomic mass is 10.0. The van der Waals surface area contributed by atoms with Crippen LogP contribution in [0.3, 0.4) is 0 Å². The summed E-state index contributed by atoms with van der Waals surface area (Å²) in [6, 6.07) is 15.8.